The fraction of sp³-hybridized carbons (Fsp3) is 0.105. The number of nitrogens with zero attached hydrogens (tertiary/aromatic N) is 4. The summed E-state index contributed by atoms with van der Waals surface area (Å²) in [5, 5.41) is 15.3. The first-order valence-corrected chi connectivity index (χ1v) is 10.6. The van der Waals surface area contributed by atoms with Crippen LogP contribution in [0.4, 0.5) is 32.1 Å². The Kier molecular flexibility index (Phi) is 5.36. The SMILES string of the molecule is COc1cc(Nc2nccc(N(C)c3n[nH]c4cc(F)c(F)cc34)n2)cc(S(N)(=O)=O)c1. The summed E-state index contributed by atoms with van der Waals surface area (Å²) in [6.07, 6.45) is 1.47. The number of hydrogen-bond acceptors (Lipinski definition) is 8. The van der Waals surface area contributed by atoms with Crippen LogP contribution in [0.5, 0.6) is 5.75 Å². The van der Waals surface area contributed by atoms with Gasteiger partial charge < -0.3 is 15.0 Å². The van der Waals surface area contributed by atoms with Gasteiger partial charge in [0.05, 0.1) is 17.5 Å². The Morgan fingerprint density at radius 3 is 2.62 bits per heavy atom. The average molecular weight is 461 g/mol. The van der Waals surface area contributed by atoms with Crippen molar-refractivity contribution in [1.29, 1.82) is 0 Å². The van der Waals surface area contributed by atoms with Crippen LogP contribution < -0.4 is 20.1 Å². The molecule has 0 aliphatic carbocycles. The Morgan fingerprint density at radius 2 is 1.91 bits per heavy atom. The van der Waals surface area contributed by atoms with Gasteiger partial charge in [0.2, 0.25) is 16.0 Å². The van der Waals surface area contributed by atoms with E-state index in [0.717, 1.165) is 12.1 Å². The molecule has 0 radical (unpaired) electrons. The third-order valence-corrected chi connectivity index (χ3v) is 5.48. The van der Waals surface area contributed by atoms with Gasteiger partial charge in [-0.2, -0.15) is 10.1 Å². The van der Waals surface area contributed by atoms with Crippen LogP contribution >= 0.6 is 0 Å². The number of rotatable bonds is 6. The van der Waals surface area contributed by atoms with Crippen molar-refractivity contribution in [1.82, 2.24) is 20.2 Å². The van der Waals surface area contributed by atoms with Gasteiger partial charge in [-0.05, 0) is 18.2 Å². The number of anilines is 4. The van der Waals surface area contributed by atoms with Gasteiger partial charge >= 0.3 is 0 Å². The lowest BCUT2D eigenvalue weighted by Crippen LogP contribution is -2.14. The molecule has 0 amide bonds. The van der Waals surface area contributed by atoms with Crippen LogP contribution in [-0.2, 0) is 10.0 Å². The van der Waals surface area contributed by atoms with Gasteiger partial charge in [0.25, 0.3) is 0 Å². The molecule has 0 unspecified atom stereocenters. The van der Waals surface area contributed by atoms with Crippen molar-refractivity contribution in [3.8, 4) is 5.75 Å². The number of aromatic amines is 1. The first-order valence-electron chi connectivity index (χ1n) is 9.04. The molecule has 2 aromatic carbocycles. The van der Waals surface area contributed by atoms with Gasteiger partial charge in [0.15, 0.2) is 17.5 Å². The topological polar surface area (TPSA) is 139 Å². The Labute approximate surface area is 181 Å². The van der Waals surface area contributed by atoms with E-state index in [-0.39, 0.29) is 16.6 Å². The number of nitrogens with two attached hydrogens (primary N) is 1. The van der Waals surface area contributed by atoms with E-state index in [4.69, 9.17) is 9.88 Å². The highest BCUT2D eigenvalue weighted by Gasteiger charge is 2.17. The maximum atomic E-state index is 13.7. The van der Waals surface area contributed by atoms with Crippen molar-refractivity contribution in [3.05, 3.63) is 54.2 Å². The van der Waals surface area contributed by atoms with Gasteiger partial charge in [-0.3, -0.25) is 5.10 Å². The van der Waals surface area contributed by atoms with Crippen LogP contribution in [0.3, 0.4) is 0 Å². The second-order valence-corrected chi connectivity index (χ2v) is 8.29. The minimum absolute atomic E-state index is 0.139. The van der Waals surface area contributed by atoms with E-state index in [1.807, 2.05) is 0 Å². The number of halogens is 2. The van der Waals surface area contributed by atoms with E-state index < -0.39 is 21.7 Å². The van der Waals surface area contributed by atoms with Gasteiger partial charge in [0, 0.05) is 42.5 Å². The standard InChI is InChI=1S/C19H17F2N7O3S/c1-28(18-13-8-14(20)15(21)9-16(13)26-27-18)17-3-4-23-19(25-17)24-10-5-11(31-2)7-12(6-10)32(22,29)30/h3-9H,1-2H3,(H,26,27)(H2,22,29,30)(H,23,24,25). The van der Waals surface area contributed by atoms with Crippen molar-refractivity contribution in [2.24, 2.45) is 5.14 Å². The Hall–Kier alpha value is -3.84. The molecule has 0 spiro atoms. The molecule has 4 N–H and O–H groups in total. The summed E-state index contributed by atoms with van der Waals surface area (Å²) in [4.78, 5) is 9.92. The second kappa shape index (κ2) is 8.01. The Balaban J connectivity index is 1.67. The molecule has 0 aliphatic heterocycles. The number of methoxy groups -OCH3 is 1. The summed E-state index contributed by atoms with van der Waals surface area (Å²) >= 11 is 0. The molecule has 166 valence electrons. The van der Waals surface area contributed by atoms with Crippen molar-refractivity contribution >= 4 is 44.2 Å². The Bertz CT molecular complexity index is 1430. The maximum absolute atomic E-state index is 13.7. The van der Waals surface area contributed by atoms with E-state index >= 15 is 0 Å². The summed E-state index contributed by atoms with van der Waals surface area (Å²) in [5.74, 6) is -0.871. The van der Waals surface area contributed by atoms with Gasteiger partial charge in [-0.15, -0.1) is 0 Å². The third kappa shape index (κ3) is 4.15. The quantitative estimate of drug-likeness (QED) is 0.398. The number of sulfonamides is 1. The molecule has 10 nitrogen and oxygen atoms in total. The number of nitrogens with one attached hydrogen (secondary N) is 2. The van der Waals surface area contributed by atoms with Crippen LogP contribution in [0, 0.1) is 11.6 Å². The molecule has 13 heteroatoms. The summed E-state index contributed by atoms with van der Waals surface area (Å²) in [7, 11) is -0.931. The molecular formula is C19H17F2N7O3S. The molecule has 2 aromatic heterocycles. The number of ether oxygens (including phenoxy) is 1. The number of benzene rings is 2. The number of aromatic nitrogens is 4. The lowest BCUT2D eigenvalue weighted by molar-refractivity contribution is 0.413. The van der Waals surface area contributed by atoms with Crippen LogP contribution in [0.25, 0.3) is 10.9 Å². The molecule has 32 heavy (non-hydrogen) atoms. The minimum Gasteiger partial charge on any atom is -0.497 e. The predicted molar refractivity (Wildman–Crippen MR) is 114 cm³/mol. The van der Waals surface area contributed by atoms with E-state index in [9.17, 15) is 17.2 Å². The highest BCUT2D eigenvalue weighted by molar-refractivity contribution is 7.89. The predicted octanol–water partition coefficient (Wildman–Crippen LogP) is 2.80. The molecule has 0 fully saturated rings. The van der Waals surface area contributed by atoms with Crippen LogP contribution in [-0.4, -0.2) is 42.7 Å². The highest BCUT2D eigenvalue weighted by atomic mass is 32.2. The number of fused-ring (bicyclic) bond motifs is 1. The largest absolute Gasteiger partial charge is 0.497 e. The molecule has 4 aromatic rings. The second-order valence-electron chi connectivity index (χ2n) is 6.72. The molecule has 0 bridgehead atoms. The van der Waals surface area contributed by atoms with E-state index in [1.165, 1.54) is 25.4 Å². The van der Waals surface area contributed by atoms with Crippen LogP contribution in [0.15, 0.2) is 47.5 Å². The number of hydrogen-bond donors (Lipinski definition) is 3. The number of primary sulfonamides is 1. The zero-order chi connectivity index (χ0) is 23.0. The zero-order valence-electron chi connectivity index (χ0n) is 16.8. The summed E-state index contributed by atoms with van der Waals surface area (Å²) in [6.45, 7) is 0. The molecule has 0 saturated carbocycles. The van der Waals surface area contributed by atoms with Gasteiger partial charge in [-0.25, -0.2) is 27.3 Å². The normalized spacial score (nSPS) is 11.5. The first-order chi connectivity index (χ1) is 15.2. The fourth-order valence-corrected chi connectivity index (χ4v) is 3.58. The zero-order valence-corrected chi connectivity index (χ0v) is 17.6. The maximum Gasteiger partial charge on any atom is 0.238 e. The monoisotopic (exact) mass is 461 g/mol. The van der Waals surface area contributed by atoms with E-state index in [1.54, 1.807) is 24.1 Å². The lowest BCUT2D eigenvalue weighted by atomic mass is 10.2. The third-order valence-electron chi connectivity index (χ3n) is 4.59. The summed E-state index contributed by atoms with van der Waals surface area (Å²) in [5.41, 5.74) is 0.654. The van der Waals surface area contributed by atoms with Crippen molar-refractivity contribution in [2.75, 3.05) is 24.4 Å². The summed E-state index contributed by atoms with van der Waals surface area (Å²) < 4.78 is 55.8. The lowest BCUT2D eigenvalue weighted by Gasteiger charge is -2.17. The smallest absolute Gasteiger partial charge is 0.238 e. The average Bonchev–Trinajstić information content (AvgIpc) is 3.15. The molecular weight excluding hydrogens is 444 g/mol. The van der Waals surface area contributed by atoms with Crippen molar-refractivity contribution in [3.63, 3.8) is 0 Å². The Morgan fingerprint density at radius 1 is 1.16 bits per heavy atom. The molecule has 2 heterocycles. The van der Waals surface area contributed by atoms with Crippen LogP contribution in [0.2, 0.25) is 0 Å². The fourth-order valence-electron chi connectivity index (χ4n) is 3.01. The van der Waals surface area contributed by atoms with Gasteiger partial charge in [0.1, 0.15) is 11.6 Å². The molecule has 0 aliphatic rings. The van der Waals surface area contributed by atoms with Crippen molar-refractivity contribution in [2.45, 2.75) is 4.90 Å². The highest BCUT2D eigenvalue weighted by Crippen LogP contribution is 2.30. The van der Waals surface area contributed by atoms with Crippen molar-refractivity contribution < 1.29 is 21.9 Å². The molecule has 0 saturated heterocycles. The summed E-state index contributed by atoms with van der Waals surface area (Å²) in [6, 6.07) is 7.81. The minimum atomic E-state index is -3.97. The van der Waals surface area contributed by atoms with Crippen LogP contribution in [0.1, 0.15) is 0 Å². The first kappa shape index (κ1) is 21.4. The van der Waals surface area contributed by atoms with Gasteiger partial charge in [-0.1, -0.05) is 0 Å². The molecule has 4 rings (SSSR count). The molecule has 0 atom stereocenters. The number of H-pyrrole nitrogens is 1. The van der Waals surface area contributed by atoms with E-state index in [2.05, 4.69) is 25.5 Å². The van der Waals surface area contributed by atoms with E-state index in [0.29, 0.717) is 28.2 Å².